The summed E-state index contributed by atoms with van der Waals surface area (Å²) < 4.78 is 8.23. The number of hydrogen-bond acceptors (Lipinski definition) is 2. The van der Waals surface area contributed by atoms with Crippen LogP contribution in [0.4, 0.5) is 5.69 Å². The van der Waals surface area contributed by atoms with Gasteiger partial charge in [0.1, 0.15) is 12.1 Å². The molecule has 146 valence electrons. The Labute approximate surface area is 172 Å². The summed E-state index contributed by atoms with van der Waals surface area (Å²) in [6.45, 7) is 1.07. The zero-order valence-corrected chi connectivity index (χ0v) is 16.8. The Morgan fingerprint density at radius 1 is 0.793 bits per heavy atom. The molecule has 3 heteroatoms. The van der Waals surface area contributed by atoms with Crippen molar-refractivity contribution in [1.82, 2.24) is 0 Å². The molecular formula is C26H27N2O+. The lowest BCUT2D eigenvalue weighted by Crippen LogP contribution is -2.55. The number of anilines is 1. The van der Waals surface area contributed by atoms with Crippen LogP contribution in [0.3, 0.4) is 0 Å². The molecule has 3 nitrogen and oxygen atoms in total. The molecule has 3 aromatic carbocycles. The lowest BCUT2D eigenvalue weighted by atomic mass is 9.79. The van der Waals surface area contributed by atoms with Gasteiger partial charge >= 0.3 is 0 Å². The molecule has 4 atom stereocenters. The SMILES string of the molecule is C[N+]12C3OC(c4ccccc4)(c4ccccc4)[C@H]1CC[C@H]2CN3c1ccccc1. The number of quaternary nitrogens is 1. The number of likely N-dealkylation sites (N-methyl/N-ethyl adjacent to an activating group) is 1. The third-order valence-electron chi connectivity index (χ3n) is 7.64. The Balaban J connectivity index is 1.55. The fourth-order valence-electron chi connectivity index (χ4n) is 6.31. The first-order chi connectivity index (χ1) is 14.2. The first-order valence-electron chi connectivity index (χ1n) is 10.7. The maximum Gasteiger partial charge on any atom is 0.279 e. The van der Waals surface area contributed by atoms with Crippen LogP contribution in [-0.4, -0.2) is 36.5 Å². The van der Waals surface area contributed by atoms with Gasteiger partial charge in [-0.1, -0.05) is 78.9 Å². The van der Waals surface area contributed by atoms with Crippen molar-refractivity contribution in [2.75, 3.05) is 18.5 Å². The second kappa shape index (κ2) is 6.19. The fraction of sp³-hybridized carbons (Fsp3) is 0.308. The highest BCUT2D eigenvalue weighted by Gasteiger charge is 2.73. The van der Waals surface area contributed by atoms with E-state index < -0.39 is 5.60 Å². The Morgan fingerprint density at radius 2 is 1.34 bits per heavy atom. The van der Waals surface area contributed by atoms with E-state index in [2.05, 4.69) is 103 Å². The van der Waals surface area contributed by atoms with Crippen LogP contribution in [0.1, 0.15) is 24.0 Å². The zero-order valence-electron chi connectivity index (χ0n) is 16.8. The molecule has 2 unspecified atom stereocenters. The summed E-state index contributed by atoms with van der Waals surface area (Å²) in [5.41, 5.74) is 3.41. The molecule has 3 aliphatic rings. The molecule has 0 aromatic heterocycles. The van der Waals surface area contributed by atoms with Crippen molar-refractivity contribution in [3.63, 3.8) is 0 Å². The van der Waals surface area contributed by atoms with E-state index >= 15 is 0 Å². The molecule has 0 N–H and O–H groups in total. The van der Waals surface area contributed by atoms with Crippen molar-refractivity contribution in [3.05, 3.63) is 102 Å². The van der Waals surface area contributed by atoms with E-state index in [1.807, 2.05) is 0 Å². The summed E-state index contributed by atoms with van der Waals surface area (Å²) in [4.78, 5) is 2.50. The number of hydrogen-bond donors (Lipinski definition) is 0. The summed E-state index contributed by atoms with van der Waals surface area (Å²) in [5.74, 6) is 0. The largest absolute Gasteiger partial charge is 0.293 e. The topological polar surface area (TPSA) is 12.5 Å². The average Bonchev–Trinajstić information content (AvgIpc) is 3.37. The Kier molecular flexibility index (Phi) is 3.68. The maximum atomic E-state index is 7.25. The number of ether oxygens (including phenoxy) is 1. The minimum Gasteiger partial charge on any atom is -0.293 e. The van der Waals surface area contributed by atoms with Gasteiger partial charge in [-0.15, -0.1) is 0 Å². The van der Waals surface area contributed by atoms with Crippen LogP contribution in [-0.2, 0) is 10.3 Å². The molecule has 3 heterocycles. The Morgan fingerprint density at radius 3 is 1.93 bits per heavy atom. The highest BCUT2D eigenvalue weighted by atomic mass is 16.6. The normalized spacial score (nSPS) is 31.8. The molecular weight excluding hydrogens is 356 g/mol. The standard InChI is InChI=1S/C26H27N2O/c1-28-23-17-18-24(28)26(20-11-5-2-6-12-20,21-13-7-3-8-14-21)29-25(28)27(19-23)22-15-9-4-10-16-22/h2-16,23-25H,17-19H2,1H3/q+1/t23-,24+,25?,28?/m0/s1. The minimum atomic E-state index is -0.413. The van der Waals surface area contributed by atoms with E-state index in [0.717, 1.165) is 11.0 Å². The van der Waals surface area contributed by atoms with Crippen LogP contribution in [0, 0.1) is 0 Å². The maximum absolute atomic E-state index is 7.25. The van der Waals surface area contributed by atoms with E-state index in [1.165, 1.54) is 29.7 Å². The highest BCUT2D eigenvalue weighted by Crippen LogP contribution is 2.59. The van der Waals surface area contributed by atoms with Crippen LogP contribution in [0.5, 0.6) is 0 Å². The van der Waals surface area contributed by atoms with Crippen LogP contribution in [0.25, 0.3) is 0 Å². The Bertz CT molecular complexity index is 967. The number of nitrogens with zero attached hydrogens (tertiary/aromatic N) is 2. The summed E-state index contributed by atoms with van der Waals surface area (Å²) >= 11 is 0. The fourth-order valence-corrected chi connectivity index (χ4v) is 6.31. The van der Waals surface area contributed by atoms with Gasteiger partial charge in [-0.05, 0) is 23.3 Å². The van der Waals surface area contributed by atoms with Crippen molar-refractivity contribution < 1.29 is 9.22 Å². The van der Waals surface area contributed by atoms with Crippen molar-refractivity contribution >= 4 is 5.69 Å². The van der Waals surface area contributed by atoms with Gasteiger partial charge < -0.3 is 0 Å². The molecule has 0 saturated carbocycles. The van der Waals surface area contributed by atoms with Crippen LogP contribution in [0.15, 0.2) is 91.0 Å². The molecule has 0 bridgehead atoms. The summed E-state index contributed by atoms with van der Waals surface area (Å²) in [6, 6.07) is 33.6. The van der Waals surface area contributed by atoms with E-state index in [9.17, 15) is 0 Å². The quantitative estimate of drug-likeness (QED) is 0.606. The molecule has 3 fully saturated rings. The molecule has 0 aliphatic carbocycles. The molecule has 6 rings (SSSR count). The van der Waals surface area contributed by atoms with E-state index in [1.54, 1.807) is 0 Å². The average molecular weight is 384 g/mol. The van der Waals surface area contributed by atoms with Gasteiger partial charge in [0.2, 0.25) is 0 Å². The van der Waals surface area contributed by atoms with Gasteiger partial charge in [0, 0.05) is 18.5 Å². The monoisotopic (exact) mass is 383 g/mol. The lowest BCUT2D eigenvalue weighted by Gasteiger charge is -2.37. The third-order valence-corrected chi connectivity index (χ3v) is 7.64. The highest BCUT2D eigenvalue weighted by molar-refractivity contribution is 5.49. The molecule has 3 aromatic rings. The van der Waals surface area contributed by atoms with Gasteiger partial charge in [0.25, 0.3) is 6.35 Å². The van der Waals surface area contributed by atoms with Crippen LogP contribution in [0.2, 0.25) is 0 Å². The second-order valence-electron chi connectivity index (χ2n) is 8.87. The number of para-hydroxylation sites is 1. The van der Waals surface area contributed by atoms with Crippen molar-refractivity contribution in [3.8, 4) is 0 Å². The summed E-state index contributed by atoms with van der Waals surface area (Å²) in [5, 5.41) is 0. The number of rotatable bonds is 3. The predicted octanol–water partition coefficient (Wildman–Crippen LogP) is 4.74. The van der Waals surface area contributed by atoms with Gasteiger partial charge in [-0.3, -0.25) is 14.1 Å². The van der Waals surface area contributed by atoms with Crippen LogP contribution < -0.4 is 4.90 Å². The Hall–Kier alpha value is -2.62. The van der Waals surface area contributed by atoms with Crippen molar-refractivity contribution in [2.24, 2.45) is 0 Å². The van der Waals surface area contributed by atoms with Crippen molar-refractivity contribution in [1.29, 1.82) is 0 Å². The molecule has 29 heavy (non-hydrogen) atoms. The molecule has 3 saturated heterocycles. The minimum absolute atomic E-state index is 0.0373. The number of benzene rings is 3. The van der Waals surface area contributed by atoms with E-state index in [4.69, 9.17) is 4.74 Å². The van der Waals surface area contributed by atoms with Gasteiger partial charge in [0.05, 0.1) is 13.6 Å². The molecule has 0 spiro atoms. The third kappa shape index (κ3) is 2.20. The lowest BCUT2D eigenvalue weighted by molar-refractivity contribution is -0.950. The van der Waals surface area contributed by atoms with Gasteiger partial charge in [0.15, 0.2) is 5.60 Å². The predicted molar refractivity (Wildman–Crippen MR) is 115 cm³/mol. The smallest absolute Gasteiger partial charge is 0.279 e. The summed E-state index contributed by atoms with van der Waals surface area (Å²) in [6.07, 6.45) is 2.49. The van der Waals surface area contributed by atoms with E-state index in [-0.39, 0.29) is 6.35 Å². The van der Waals surface area contributed by atoms with E-state index in [0.29, 0.717) is 12.1 Å². The summed E-state index contributed by atoms with van der Waals surface area (Å²) in [7, 11) is 2.43. The molecule has 0 amide bonds. The first-order valence-corrected chi connectivity index (χ1v) is 10.7. The van der Waals surface area contributed by atoms with Crippen LogP contribution >= 0.6 is 0 Å². The first kappa shape index (κ1) is 17.3. The van der Waals surface area contributed by atoms with Crippen molar-refractivity contribution in [2.45, 2.75) is 36.9 Å². The molecule has 0 radical (unpaired) electrons. The zero-order chi connectivity index (χ0) is 19.5. The second-order valence-corrected chi connectivity index (χ2v) is 8.87. The molecule has 3 aliphatic heterocycles. The van der Waals surface area contributed by atoms with Gasteiger partial charge in [-0.25, -0.2) is 0 Å². The van der Waals surface area contributed by atoms with Gasteiger partial charge in [-0.2, -0.15) is 0 Å².